The smallest absolute Gasteiger partial charge is 0.389 e. The number of anilines is 1. The Morgan fingerprint density at radius 2 is 1.93 bits per heavy atom. The number of aromatic nitrogens is 4. The van der Waals surface area contributed by atoms with Crippen LogP contribution in [0.15, 0.2) is 18.6 Å². The highest BCUT2D eigenvalue weighted by atomic mass is 35.5. The molecule has 0 spiro atoms. The molecule has 3 N–H and O–H groups in total. The van der Waals surface area contributed by atoms with Gasteiger partial charge in [-0.1, -0.05) is 0 Å². The lowest BCUT2D eigenvalue weighted by molar-refractivity contribution is -0.137. The molecule has 7 nitrogen and oxygen atoms in total. The minimum Gasteiger partial charge on any atom is -0.389 e. The van der Waals surface area contributed by atoms with Gasteiger partial charge in [0.2, 0.25) is 5.95 Å². The van der Waals surface area contributed by atoms with Gasteiger partial charge in [0.15, 0.2) is 0 Å². The van der Waals surface area contributed by atoms with Gasteiger partial charge in [0, 0.05) is 24.0 Å². The molecule has 0 amide bonds. The standard InChI is InChI=1S/C17H23F3N6O.ClH/c1-16(2,27)10-26-9-11(7-23-26)14-13(17(18,19)20)8-22-15(25-14)24-12-3-5-21-6-4-12;/h7-9,12,21,27H,3-6,10H2,1-2H3,(H,22,24,25);1H. The lowest BCUT2D eigenvalue weighted by atomic mass is 10.1. The minimum absolute atomic E-state index is 0. The van der Waals surface area contributed by atoms with Crippen LogP contribution in [0.4, 0.5) is 19.1 Å². The van der Waals surface area contributed by atoms with Gasteiger partial charge in [0.05, 0.1) is 24.0 Å². The van der Waals surface area contributed by atoms with Crippen molar-refractivity contribution in [1.29, 1.82) is 0 Å². The van der Waals surface area contributed by atoms with E-state index in [4.69, 9.17) is 0 Å². The van der Waals surface area contributed by atoms with Crippen LogP contribution in [0.1, 0.15) is 32.3 Å². The Bertz CT molecular complexity index is 784. The number of aliphatic hydroxyl groups is 1. The summed E-state index contributed by atoms with van der Waals surface area (Å²) in [6.45, 7) is 5.03. The predicted molar refractivity (Wildman–Crippen MR) is 101 cm³/mol. The molecule has 0 bridgehead atoms. The molecule has 1 saturated heterocycles. The number of alkyl halides is 3. The van der Waals surface area contributed by atoms with Gasteiger partial charge >= 0.3 is 6.18 Å². The fourth-order valence-corrected chi connectivity index (χ4v) is 3.00. The topological polar surface area (TPSA) is 87.9 Å². The average molecular weight is 421 g/mol. The normalized spacial score (nSPS) is 15.9. The Balaban J connectivity index is 0.00000280. The number of piperidine rings is 1. The summed E-state index contributed by atoms with van der Waals surface area (Å²) in [6, 6.07) is 0.119. The summed E-state index contributed by atoms with van der Waals surface area (Å²) in [5, 5.41) is 20.3. The first-order valence-electron chi connectivity index (χ1n) is 8.78. The van der Waals surface area contributed by atoms with Crippen molar-refractivity contribution in [2.75, 3.05) is 18.4 Å². The van der Waals surface area contributed by atoms with Gasteiger partial charge in [-0.2, -0.15) is 18.3 Å². The van der Waals surface area contributed by atoms with Crippen molar-refractivity contribution in [2.24, 2.45) is 0 Å². The molecule has 0 saturated carbocycles. The van der Waals surface area contributed by atoms with Crippen LogP contribution < -0.4 is 10.6 Å². The molecule has 0 unspecified atom stereocenters. The third-order valence-electron chi connectivity index (χ3n) is 4.22. The maximum Gasteiger partial charge on any atom is 0.419 e. The molecule has 28 heavy (non-hydrogen) atoms. The Kier molecular flexibility index (Phi) is 6.89. The third kappa shape index (κ3) is 5.79. The monoisotopic (exact) mass is 420 g/mol. The first-order valence-corrected chi connectivity index (χ1v) is 8.78. The Hall–Kier alpha value is -1.91. The van der Waals surface area contributed by atoms with Gasteiger partial charge in [-0.3, -0.25) is 4.68 Å². The molecule has 2 aromatic rings. The third-order valence-corrected chi connectivity index (χ3v) is 4.22. The molecule has 11 heteroatoms. The number of nitrogens with zero attached hydrogens (tertiary/aromatic N) is 4. The summed E-state index contributed by atoms with van der Waals surface area (Å²) in [5.74, 6) is 0.167. The first kappa shape index (κ1) is 22.4. The zero-order valence-corrected chi connectivity index (χ0v) is 16.4. The molecular weight excluding hydrogens is 397 g/mol. The highest BCUT2D eigenvalue weighted by Crippen LogP contribution is 2.36. The van der Waals surface area contributed by atoms with E-state index in [2.05, 4.69) is 25.7 Å². The van der Waals surface area contributed by atoms with Crippen LogP contribution in [0.2, 0.25) is 0 Å². The molecule has 0 radical (unpaired) electrons. The van der Waals surface area contributed by atoms with Crippen molar-refractivity contribution in [3.05, 3.63) is 24.2 Å². The number of rotatable bonds is 5. The van der Waals surface area contributed by atoms with Gasteiger partial charge < -0.3 is 15.7 Å². The summed E-state index contributed by atoms with van der Waals surface area (Å²) in [4.78, 5) is 8.00. The molecule has 1 aliphatic heterocycles. The second kappa shape index (κ2) is 8.62. The van der Waals surface area contributed by atoms with Crippen molar-refractivity contribution in [3.8, 4) is 11.3 Å². The van der Waals surface area contributed by atoms with E-state index in [1.54, 1.807) is 13.8 Å². The van der Waals surface area contributed by atoms with Crippen molar-refractivity contribution in [1.82, 2.24) is 25.1 Å². The summed E-state index contributed by atoms with van der Waals surface area (Å²) >= 11 is 0. The van der Waals surface area contributed by atoms with Crippen LogP contribution in [0, 0.1) is 0 Å². The predicted octanol–water partition coefficient (Wildman–Crippen LogP) is 2.72. The number of hydrogen-bond acceptors (Lipinski definition) is 6. The van der Waals surface area contributed by atoms with Gasteiger partial charge in [-0.05, 0) is 39.8 Å². The van der Waals surface area contributed by atoms with Crippen LogP contribution >= 0.6 is 12.4 Å². The van der Waals surface area contributed by atoms with Crippen molar-refractivity contribution < 1.29 is 18.3 Å². The van der Waals surface area contributed by atoms with Gasteiger partial charge in [-0.15, -0.1) is 12.4 Å². The molecular formula is C17H24ClF3N6O. The molecule has 0 aromatic carbocycles. The van der Waals surface area contributed by atoms with Gasteiger partial charge in [0.25, 0.3) is 0 Å². The molecule has 2 aromatic heterocycles. The Labute approximate surface area is 167 Å². The second-order valence-electron chi connectivity index (χ2n) is 7.36. The highest BCUT2D eigenvalue weighted by Gasteiger charge is 2.36. The maximum absolute atomic E-state index is 13.4. The van der Waals surface area contributed by atoms with E-state index in [1.165, 1.54) is 17.1 Å². The van der Waals surface area contributed by atoms with E-state index in [9.17, 15) is 18.3 Å². The molecule has 3 heterocycles. The van der Waals surface area contributed by atoms with Crippen LogP contribution in [-0.2, 0) is 12.7 Å². The van der Waals surface area contributed by atoms with Crippen LogP contribution in [0.5, 0.6) is 0 Å². The summed E-state index contributed by atoms with van der Waals surface area (Å²) in [6.07, 6.45) is 0.688. The van der Waals surface area contributed by atoms with E-state index in [1.807, 2.05) is 0 Å². The van der Waals surface area contributed by atoms with E-state index < -0.39 is 17.3 Å². The van der Waals surface area contributed by atoms with E-state index in [0.717, 1.165) is 32.1 Å². The summed E-state index contributed by atoms with van der Waals surface area (Å²) in [7, 11) is 0. The Morgan fingerprint density at radius 1 is 1.25 bits per heavy atom. The second-order valence-corrected chi connectivity index (χ2v) is 7.36. The van der Waals surface area contributed by atoms with E-state index in [-0.39, 0.29) is 42.2 Å². The molecule has 0 aliphatic carbocycles. The van der Waals surface area contributed by atoms with Gasteiger partial charge in [-0.25, -0.2) is 9.97 Å². The summed E-state index contributed by atoms with van der Waals surface area (Å²) in [5.41, 5.74) is -1.96. The van der Waals surface area contributed by atoms with Crippen molar-refractivity contribution in [2.45, 2.75) is 51.1 Å². The van der Waals surface area contributed by atoms with Crippen molar-refractivity contribution >= 4 is 18.4 Å². The molecule has 1 fully saturated rings. The molecule has 156 valence electrons. The lowest BCUT2D eigenvalue weighted by Gasteiger charge is -2.24. The zero-order chi connectivity index (χ0) is 19.7. The Morgan fingerprint density at radius 3 is 2.54 bits per heavy atom. The molecule has 0 atom stereocenters. The van der Waals surface area contributed by atoms with Crippen LogP contribution in [0.3, 0.4) is 0 Å². The number of hydrogen-bond donors (Lipinski definition) is 3. The van der Waals surface area contributed by atoms with Crippen LogP contribution in [-0.4, -0.2) is 49.6 Å². The largest absolute Gasteiger partial charge is 0.419 e. The fourth-order valence-electron chi connectivity index (χ4n) is 3.00. The first-order chi connectivity index (χ1) is 12.6. The number of nitrogens with one attached hydrogen (secondary N) is 2. The van der Waals surface area contributed by atoms with Gasteiger partial charge in [0.1, 0.15) is 5.56 Å². The number of halogens is 4. The van der Waals surface area contributed by atoms with E-state index >= 15 is 0 Å². The van der Waals surface area contributed by atoms with Crippen LogP contribution in [0.25, 0.3) is 11.3 Å². The minimum atomic E-state index is -4.58. The SMILES string of the molecule is CC(C)(O)Cn1cc(-c2nc(NC3CCNCC3)ncc2C(F)(F)F)cn1.Cl. The average Bonchev–Trinajstić information content (AvgIpc) is 3.01. The zero-order valence-electron chi connectivity index (χ0n) is 15.6. The lowest BCUT2D eigenvalue weighted by Crippen LogP contribution is -2.35. The molecule has 1 aliphatic rings. The van der Waals surface area contributed by atoms with Crippen molar-refractivity contribution in [3.63, 3.8) is 0 Å². The van der Waals surface area contributed by atoms with E-state index in [0.29, 0.717) is 0 Å². The quantitative estimate of drug-likeness (QED) is 0.689. The molecule has 3 rings (SSSR count). The highest BCUT2D eigenvalue weighted by molar-refractivity contribution is 5.85. The fraction of sp³-hybridized carbons (Fsp3) is 0.588. The maximum atomic E-state index is 13.4. The summed E-state index contributed by atoms with van der Waals surface area (Å²) < 4.78 is 41.7.